The van der Waals surface area contributed by atoms with E-state index in [1.165, 1.54) is 0 Å². The van der Waals surface area contributed by atoms with Crippen molar-refractivity contribution in [1.29, 1.82) is 0 Å². The summed E-state index contributed by atoms with van der Waals surface area (Å²) in [5.74, 6) is 0.939. The number of likely N-dealkylation sites (N-methyl/N-ethyl adjacent to an activating group) is 1. The number of hydrogen-bond acceptors (Lipinski definition) is 4. The summed E-state index contributed by atoms with van der Waals surface area (Å²) in [6.45, 7) is 1.94. The standard InChI is InChI=1S/C15H21NO4S/c1-11-4-5-12(8-14(11)20-3)9-15(17)16(2)13-6-7-21(18,19)10-13/h4-5,8,13H,6-7,9-10H2,1-3H3/t13-/m1/s1. The molecule has 6 heteroatoms. The fourth-order valence-corrected chi connectivity index (χ4v) is 4.33. The molecule has 0 N–H and O–H groups in total. The number of benzene rings is 1. The summed E-state index contributed by atoms with van der Waals surface area (Å²) in [7, 11) is 0.303. The molecule has 1 saturated heterocycles. The van der Waals surface area contributed by atoms with Gasteiger partial charge < -0.3 is 9.64 Å². The fraction of sp³-hybridized carbons (Fsp3) is 0.533. The van der Waals surface area contributed by atoms with E-state index in [1.54, 1.807) is 19.1 Å². The molecule has 5 nitrogen and oxygen atoms in total. The van der Waals surface area contributed by atoms with Crippen molar-refractivity contribution >= 4 is 15.7 Å². The van der Waals surface area contributed by atoms with Crippen LogP contribution in [0.2, 0.25) is 0 Å². The number of aryl methyl sites for hydroxylation is 1. The monoisotopic (exact) mass is 311 g/mol. The highest BCUT2D eigenvalue weighted by Crippen LogP contribution is 2.21. The summed E-state index contributed by atoms with van der Waals surface area (Å²) in [6.07, 6.45) is 0.783. The molecule has 1 aliphatic rings. The third-order valence-corrected chi connectivity index (χ3v) is 5.73. The molecule has 1 aromatic rings. The van der Waals surface area contributed by atoms with Crippen LogP contribution < -0.4 is 4.74 Å². The SMILES string of the molecule is COc1cc(CC(=O)N(C)[C@@H]2CCS(=O)(=O)C2)ccc1C. The first-order valence-electron chi connectivity index (χ1n) is 6.92. The molecular formula is C15H21NO4S. The fourth-order valence-electron chi connectivity index (χ4n) is 2.56. The first-order chi connectivity index (χ1) is 9.82. The molecule has 1 aromatic carbocycles. The van der Waals surface area contributed by atoms with Crippen LogP contribution in [0.4, 0.5) is 0 Å². The van der Waals surface area contributed by atoms with Crippen LogP contribution in [0.25, 0.3) is 0 Å². The van der Waals surface area contributed by atoms with E-state index in [4.69, 9.17) is 4.74 Å². The van der Waals surface area contributed by atoms with E-state index in [9.17, 15) is 13.2 Å². The molecule has 1 atom stereocenters. The Morgan fingerprint density at radius 2 is 2.14 bits per heavy atom. The molecule has 0 saturated carbocycles. The van der Waals surface area contributed by atoms with Crippen molar-refractivity contribution in [2.24, 2.45) is 0 Å². The number of amides is 1. The zero-order valence-corrected chi connectivity index (χ0v) is 13.4. The Morgan fingerprint density at radius 3 is 2.71 bits per heavy atom. The summed E-state index contributed by atoms with van der Waals surface area (Å²) in [5.41, 5.74) is 1.89. The smallest absolute Gasteiger partial charge is 0.227 e. The first-order valence-corrected chi connectivity index (χ1v) is 8.74. The first kappa shape index (κ1) is 15.8. The van der Waals surface area contributed by atoms with Gasteiger partial charge in [-0.2, -0.15) is 0 Å². The van der Waals surface area contributed by atoms with Crippen LogP contribution in [-0.2, 0) is 21.1 Å². The average molecular weight is 311 g/mol. The van der Waals surface area contributed by atoms with Crippen LogP contribution in [0.1, 0.15) is 17.5 Å². The quantitative estimate of drug-likeness (QED) is 0.838. The maximum absolute atomic E-state index is 12.3. The van der Waals surface area contributed by atoms with Crippen molar-refractivity contribution in [2.45, 2.75) is 25.8 Å². The third-order valence-electron chi connectivity index (χ3n) is 3.98. The molecule has 0 spiro atoms. The second kappa shape index (κ2) is 6.05. The Morgan fingerprint density at radius 1 is 1.43 bits per heavy atom. The number of carbonyl (C=O) groups excluding carboxylic acids is 1. The van der Waals surface area contributed by atoms with E-state index in [2.05, 4.69) is 0 Å². The van der Waals surface area contributed by atoms with Crippen LogP contribution in [0.5, 0.6) is 5.75 Å². The van der Waals surface area contributed by atoms with Crippen LogP contribution in [0.3, 0.4) is 0 Å². The van der Waals surface area contributed by atoms with Gasteiger partial charge >= 0.3 is 0 Å². The number of carbonyl (C=O) groups is 1. The third kappa shape index (κ3) is 3.75. The van der Waals surface area contributed by atoms with E-state index in [1.807, 2.05) is 25.1 Å². The summed E-state index contributed by atoms with van der Waals surface area (Å²) in [4.78, 5) is 13.9. The molecule has 0 bridgehead atoms. The van der Waals surface area contributed by atoms with Crippen molar-refractivity contribution in [1.82, 2.24) is 4.90 Å². The minimum absolute atomic E-state index is 0.0667. The maximum atomic E-state index is 12.3. The second-order valence-corrected chi connectivity index (χ2v) is 7.77. The van der Waals surface area contributed by atoms with Gasteiger partial charge in [-0.05, 0) is 30.5 Å². The Kier molecular flexibility index (Phi) is 4.56. The lowest BCUT2D eigenvalue weighted by molar-refractivity contribution is -0.130. The molecule has 116 valence electrons. The van der Waals surface area contributed by atoms with E-state index < -0.39 is 9.84 Å². The van der Waals surface area contributed by atoms with Gasteiger partial charge in [0.1, 0.15) is 5.75 Å². The molecule has 21 heavy (non-hydrogen) atoms. The van der Waals surface area contributed by atoms with Gasteiger partial charge in [0.05, 0.1) is 25.0 Å². The van der Waals surface area contributed by atoms with Gasteiger partial charge in [-0.25, -0.2) is 8.42 Å². The van der Waals surface area contributed by atoms with E-state index in [-0.39, 0.29) is 29.9 Å². The highest BCUT2D eigenvalue weighted by atomic mass is 32.2. The number of sulfone groups is 1. The van der Waals surface area contributed by atoms with Crippen molar-refractivity contribution < 1.29 is 17.9 Å². The van der Waals surface area contributed by atoms with Gasteiger partial charge in [-0.3, -0.25) is 4.79 Å². The van der Waals surface area contributed by atoms with Gasteiger partial charge in [-0.1, -0.05) is 12.1 Å². The molecule has 1 aliphatic heterocycles. The minimum Gasteiger partial charge on any atom is -0.496 e. The predicted octanol–water partition coefficient (Wildman–Crippen LogP) is 1.19. The number of ether oxygens (including phenoxy) is 1. The van der Waals surface area contributed by atoms with Gasteiger partial charge in [0.15, 0.2) is 9.84 Å². The molecule has 1 fully saturated rings. The predicted molar refractivity (Wildman–Crippen MR) is 81.3 cm³/mol. The van der Waals surface area contributed by atoms with Crippen molar-refractivity contribution in [2.75, 3.05) is 25.7 Å². The average Bonchev–Trinajstić information content (AvgIpc) is 2.80. The zero-order valence-electron chi connectivity index (χ0n) is 12.6. The van der Waals surface area contributed by atoms with Crippen LogP contribution in [0, 0.1) is 6.92 Å². The Bertz CT molecular complexity index is 639. The largest absolute Gasteiger partial charge is 0.496 e. The normalized spacial score (nSPS) is 20.2. The number of hydrogen-bond donors (Lipinski definition) is 0. The molecule has 0 aliphatic carbocycles. The summed E-state index contributed by atoms with van der Waals surface area (Å²) in [6, 6.07) is 5.47. The van der Waals surface area contributed by atoms with Crippen molar-refractivity contribution in [3.05, 3.63) is 29.3 Å². The number of rotatable bonds is 4. The van der Waals surface area contributed by atoms with Crippen LogP contribution >= 0.6 is 0 Å². The van der Waals surface area contributed by atoms with E-state index in [0.29, 0.717) is 6.42 Å². The summed E-state index contributed by atoms with van der Waals surface area (Å²) in [5, 5.41) is 0. The van der Waals surface area contributed by atoms with Gasteiger partial charge in [0, 0.05) is 13.1 Å². The topological polar surface area (TPSA) is 63.7 Å². The van der Waals surface area contributed by atoms with E-state index >= 15 is 0 Å². The molecular weight excluding hydrogens is 290 g/mol. The highest BCUT2D eigenvalue weighted by molar-refractivity contribution is 7.91. The molecule has 2 rings (SSSR count). The molecule has 0 aromatic heterocycles. The van der Waals surface area contributed by atoms with Crippen molar-refractivity contribution in [3.8, 4) is 5.75 Å². The maximum Gasteiger partial charge on any atom is 0.227 e. The van der Waals surface area contributed by atoms with Crippen LogP contribution in [0.15, 0.2) is 18.2 Å². The lowest BCUT2D eigenvalue weighted by Crippen LogP contribution is -2.38. The lowest BCUT2D eigenvalue weighted by atomic mass is 10.1. The number of nitrogens with zero attached hydrogens (tertiary/aromatic N) is 1. The summed E-state index contributed by atoms with van der Waals surface area (Å²) < 4.78 is 28.2. The van der Waals surface area contributed by atoms with Crippen molar-refractivity contribution in [3.63, 3.8) is 0 Å². The Labute approximate surface area is 125 Å². The Balaban J connectivity index is 2.04. The molecule has 0 unspecified atom stereocenters. The lowest BCUT2D eigenvalue weighted by Gasteiger charge is -2.23. The second-order valence-electron chi connectivity index (χ2n) is 5.54. The Hall–Kier alpha value is -1.56. The van der Waals surface area contributed by atoms with Crippen LogP contribution in [-0.4, -0.2) is 50.9 Å². The molecule has 0 radical (unpaired) electrons. The van der Waals surface area contributed by atoms with Gasteiger partial charge in [0.2, 0.25) is 5.91 Å². The highest BCUT2D eigenvalue weighted by Gasteiger charge is 2.32. The van der Waals surface area contributed by atoms with Gasteiger partial charge in [0.25, 0.3) is 0 Å². The molecule has 1 amide bonds. The zero-order chi connectivity index (χ0) is 15.6. The van der Waals surface area contributed by atoms with E-state index in [0.717, 1.165) is 16.9 Å². The minimum atomic E-state index is -2.98. The summed E-state index contributed by atoms with van der Waals surface area (Å²) >= 11 is 0. The number of methoxy groups -OCH3 is 1. The molecule has 1 heterocycles. The van der Waals surface area contributed by atoms with Gasteiger partial charge in [-0.15, -0.1) is 0 Å².